The molecule has 0 atom stereocenters. The summed E-state index contributed by atoms with van der Waals surface area (Å²) >= 11 is 1.22. The van der Waals surface area contributed by atoms with E-state index in [1.165, 1.54) is 16.3 Å². The van der Waals surface area contributed by atoms with Gasteiger partial charge in [0.15, 0.2) is 5.16 Å². The number of nitrogens with zero attached hydrogens (tertiary/aromatic N) is 2. The van der Waals surface area contributed by atoms with E-state index in [9.17, 15) is 9.59 Å². The zero-order chi connectivity index (χ0) is 20.4. The van der Waals surface area contributed by atoms with Gasteiger partial charge in [0.1, 0.15) is 5.75 Å². The van der Waals surface area contributed by atoms with Crippen LogP contribution in [-0.4, -0.2) is 28.3 Å². The van der Waals surface area contributed by atoms with Crippen LogP contribution in [-0.2, 0) is 11.8 Å². The SMILES string of the molecule is COc1ccccc1NC(=O)CSc1nc2cc3ccccc3cc2c(=O)n1C. The third kappa shape index (κ3) is 3.82. The van der Waals surface area contributed by atoms with Gasteiger partial charge < -0.3 is 10.1 Å². The molecule has 1 amide bonds. The maximum absolute atomic E-state index is 12.8. The third-order valence-corrected chi connectivity index (χ3v) is 5.65. The van der Waals surface area contributed by atoms with E-state index in [0.717, 1.165) is 10.8 Å². The Balaban J connectivity index is 1.59. The van der Waals surface area contributed by atoms with Crippen LogP contribution in [0.4, 0.5) is 5.69 Å². The number of carbonyl (C=O) groups excluding carboxylic acids is 1. The van der Waals surface area contributed by atoms with Crippen molar-refractivity contribution in [1.82, 2.24) is 9.55 Å². The third-order valence-electron chi connectivity index (χ3n) is 4.62. The van der Waals surface area contributed by atoms with E-state index < -0.39 is 0 Å². The zero-order valence-corrected chi connectivity index (χ0v) is 16.8. The summed E-state index contributed by atoms with van der Waals surface area (Å²) in [5.41, 5.74) is 1.10. The number of amides is 1. The Kier molecular flexibility index (Phi) is 5.22. The van der Waals surface area contributed by atoms with Gasteiger partial charge in [0.05, 0.1) is 29.5 Å². The normalized spacial score (nSPS) is 11.0. The second-order valence-electron chi connectivity index (χ2n) is 6.51. The number of methoxy groups -OCH3 is 1. The van der Waals surface area contributed by atoms with Gasteiger partial charge in [0.25, 0.3) is 5.56 Å². The molecule has 0 aliphatic carbocycles. The Morgan fingerprint density at radius 1 is 1.10 bits per heavy atom. The number of thioether (sulfide) groups is 1. The molecule has 0 unspecified atom stereocenters. The first kappa shape index (κ1) is 19.0. The Hall–Kier alpha value is -3.32. The summed E-state index contributed by atoms with van der Waals surface area (Å²) in [5, 5.41) is 5.90. The van der Waals surface area contributed by atoms with Crippen LogP contribution < -0.4 is 15.6 Å². The number of carbonyl (C=O) groups is 1. The van der Waals surface area contributed by atoms with Gasteiger partial charge in [-0.25, -0.2) is 4.98 Å². The number of ether oxygens (including phenoxy) is 1. The summed E-state index contributed by atoms with van der Waals surface area (Å²) in [5.74, 6) is 0.513. The summed E-state index contributed by atoms with van der Waals surface area (Å²) in [6, 6.07) is 18.8. The maximum atomic E-state index is 12.8. The summed E-state index contributed by atoms with van der Waals surface area (Å²) in [6.07, 6.45) is 0. The number of anilines is 1. The predicted octanol–water partition coefficient (Wildman–Crippen LogP) is 3.83. The highest BCUT2D eigenvalue weighted by Crippen LogP contribution is 2.25. The molecule has 29 heavy (non-hydrogen) atoms. The van der Waals surface area contributed by atoms with Crippen LogP contribution >= 0.6 is 11.8 Å². The van der Waals surface area contributed by atoms with Crippen molar-refractivity contribution in [2.75, 3.05) is 18.2 Å². The van der Waals surface area contributed by atoms with Crippen LogP contribution in [0.1, 0.15) is 0 Å². The van der Waals surface area contributed by atoms with Crippen molar-refractivity contribution in [2.45, 2.75) is 5.16 Å². The fourth-order valence-corrected chi connectivity index (χ4v) is 3.90. The monoisotopic (exact) mass is 405 g/mol. The van der Waals surface area contributed by atoms with E-state index in [1.54, 1.807) is 26.3 Å². The summed E-state index contributed by atoms with van der Waals surface area (Å²) in [4.78, 5) is 29.8. The zero-order valence-electron chi connectivity index (χ0n) is 16.0. The van der Waals surface area contributed by atoms with Gasteiger partial charge in [-0.2, -0.15) is 0 Å². The molecule has 4 aromatic rings. The number of para-hydroxylation sites is 2. The number of fused-ring (bicyclic) bond motifs is 2. The van der Waals surface area contributed by atoms with Gasteiger partial charge in [-0.15, -0.1) is 0 Å². The fourth-order valence-electron chi connectivity index (χ4n) is 3.13. The van der Waals surface area contributed by atoms with Crippen LogP contribution in [0.15, 0.2) is 70.6 Å². The van der Waals surface area contributed by atoms with E-state index in [4.69, 9.17) is 4.74 Å². The molecule has 0 fully saturated rings. The topological polar surface area (TPSA) is 73.2 Å². The molecule has 3 aromatic carbocycles. The molecule has 1 heterocycles. The molecule has 1 N–H and O–H groups in total. The molecule has 4 rings (SSSR count). The average Bonchev–Trinajstić information content (AvgIpc) is 2.74. The molecular weight excluding hydrogens is 386 g/mol. The first-order valence-corrected chi connectivity index (χ1v) is 10.0. The first-order chi connectivity index (χ1) is 14.1. The van der Waals surface area contributed by atoms with E-state index in [0.29, 0.717) is 27.5 Å². The van der Waals surface area contributed by atoms with Crippen LogP contribution in [0, 0.1) is 0 Å². The van der Waals surface area contributed by atoms with Gasteiger partial charge in [0.2, 0.25) is 5.91 Å². The van der Waals surface area contributed by atoms with E-state index in [-0.39, 0.29) is 17.2 Å². The molecule has 0 spiro atoms. The van der Waals surface area contributed by atoms with Gasteiger partial charge in [0, 0.05) is 7.05 Å². The lowest BCUT2D eigenvalue weighted by Gasteiger charge is -2.11. The minimum absolute atomic E-state index is 0.122. The van der Waals surface area contributed by atoms with Crippen LogP contribution in [0.5, 0.6) is 5.75 Å². The van der Waals surface area contributed by atoms with Crippen molar-refractivity contribution in [2.24, 2.45) is 7.05 Å². The number of benzene rings is 3. The number of hydrogen-bond acceptors (Lipinski definition) is 5. The minimum Gasteiger partial charge on any atom is -0.495 e. The fraction of sp³-hybridized carbons (Fsp3) is 0.136. The number of hydrogen-bond donors (Lipinski definition) is 1. The molecule has 146 valence electrons. The summed E-state index contributed by atoms with van der Waals surface area (Å²) in [6.45, 7) is 0. The van der Waals surface area contributed by atoms with Crippen molar-refractivity contribution >= 4 is 45.0 Å². The number of nitrogens with one attached hydrogen (secondary N) is 1. The average molecular weight is 405 g/mol. The van der Waals surface area contributed by atoms with E-state index >= 15 is 0 Å². The Morgan fingerprint density at radius 3 is 2.55 bits per heavy atom. The van der Waals surface area contributed by atoms with Crippen LogP contribution in [0.2, 0.25) is 0 Å². The highest BCUT2D eigenvalue weighted by Gasteiger charge is 2.13. The smallest absolute Gasteiger partial charge is 0.261 e. The molecule has 0 saturated carbocycles. The quantitative estimate of drug-likeness (QED) is 0.310. The Morgan fingerprint density at radius 2 is 1.79 bits per heavy atom. The molecule has 0 aliphatic heterocycles. The van der Waals surface area contributed by atoms with Crippen molar-refractivity contribution in [3.8, 4) is 5.75 Å². The highest BCUT2D eigenvalue weighted by molar-refractivity contribution is 7.99. The van der Waals surface area contributed by atoms with Crippen molar-refractivity contribution in [3.05, 3.63) is 71.0 Å². The lowest BCUT2D eigenvalue weighted by atomic mass is 10.1. The molecular formula is C22H19N3O3S. The molecule has 6 nitrogen and oxygen atoms in total. The second-order valence-corrected chi connectivity index (χ2v) is 7.45. The Labute approximate surface area is 171 Å². The highest BCUT2D eigenvalue weighted by atomic mass is 32.2. The van der Waals surface area contributed by atoms with Gasteiger partial charge in [-0.1, -0.05) is 48.2 Å². The summed E-state index contributed by atoms with van der Waals surface area (Å²) < 4.78 is 6.73. The molecule has 0 radical (unpaired) electrons. The van der Waals surface area contributed by atoms with Crippen molar-refractivity contribution in [3.63, 3.8) is 0 Å². The lowest BCUT2D eigenvalue weighted by molar-refractivity contribution is -0.113. The van der Waals surface area contributed by atoms with E-state index in [1.807, 2.05) is 48.5 Å². The summed E-state index contributed by atoms with van der Waals surface area (Å²) in [7, 11) is 3.22. The predicted molar refractivity (Wildman–Crippen MR) is 117 cm³/mol. The van der Waals surface area contributed by atoms with Crippen molar-refractivity contribution in [1.29, 1.82) is 0 Å². The van der Waals surface area contributed by atoms with Crippen LogP contribution in [0.25, 0.3) is 21.7 Å². The van der Waals surface area contributed by atoms with Gasteiger partial charge in [-0.05, 0) is 35.0 Å². The largest absolute Gasteiger partial charge is 0.495 e. The van der Waals surface area contributed by atoms with Gasteiger partial charge in [-0.3, -0.25) is 14.2 Å². The molecule has 0 bridgehead atoms. The standard InChI is InChI=1S/C22H19N3O3S/c1-25-21(27)16-11-14-7-3-4-8-15(14)12-18(16)24-22(25)29-13-20(26)23-17-9-5-6-10-19(17)28-2/h3-12H,13H2,1-2H3,(H,23,26). The molecule has 7 heteroatoms. The molecule has 1 aromatic heterocycles. The second kappa shape index (κ2) is 7.97. The number of aromatic nitrogens is 2. The van der Waals surface area contributed by atoms with Gasteiger partial charge >= 0.3 is 0 Å². The number of rotatable bonds is 5. The molecule has 0 aliphatic rings. The first-order valence-electron chi connectivity index (χ1n) is 9.02. The van der Waals surface area contributed by atoms with Crippen LogP contribution in [0.3, 0.4) is 0 Å². The van der Waals surface area contributed by atoms with E-state index in [2.05, 4.69) is 10.3 Å². The minimum atomic E-state index is -0.202. The van der Waals surface area contributed by atoms with Crippen molar-refractivity contribution < 1.29 is 9.53 Å². The lowest BCUT2D eigenvalue weighted by Crippen LogP contribution is -2.21. The Bertz CT molecular complexity index is 1280. The maximum Gasteiger partial charge on any atom is 0.261 e. The molecule has 0 saturated heterocycles.